The second kappa shape index (κ2) is 11.1. The Bertz CT molecular complexity index is 1360. The van der Waals surface area contributed by atoms with Gasteiger partial charge in [0.05, 0.1) is 5.52 Å². The van der Waals surface area contributed by atoms with Crippen molar-refractivity contribution in [3.63, 3.8) is 0 Å². The lowest BCUT2D eigenvalue weighted by molar-refractivity contribution is 0.336. The zero-order valence-electron chi connectivity index (χ0n) is 21.5. The van der Waals surface area contributed by atoms with Crippen LogP contribution in [0.3, 0.4) is 0 Å². The Morgan fingerprint density at radius 2 is 1.73 bits per heavy atom. The maximum atomic E-state index is 5.60. The first-order valence-electron chi connectivity index (χ1n) is 12.7. The van der Waals surface area contributed by atoms with Crippen LogP contribution in [0.25, 0.3) is 22.2 Å². The highest BCUT2D eigenvalue weighted by atomic mass is 32.1. The van der Waals surface area contributed by atoms with E-state index in [-0.39, 0.29) is 0 Å². The molecule has 2 aromatic heterocycles. The fraction of sp³-hybridized carbons (Fsp3) is 0.357. The largest absolute Gasteiger partial charge is 0.362 e. The molecular weight excluding hydrogens is 482 g/mol. The molecule has 37 heavy (non-hydrogen) atoms. The summed E-state index contributed by atoms with van der Waals surface area (Å²) in [6.07, 6.45) is 4.37. The molecular formula is C28H33N7OS. The number of hydrogen-bond donors (Lipinski definition) is 3. The average molecular weight is 516 g/mol. The molecule has 0 saturated heterocycles. The molecule has 2 aromatic carbocycles. The Morgan fingerprint density at radius 3 is 2.49 bits per heavy atom. The van der Waals surface area contributed by atoms with Crippen LogP contribution >= 0.6 is 12.2 Å². The Morgan fingerprint density at radius 1 is 1.00 bits per heavy atom. The van der Waals surface area contributed by atoms with Gasteiger partial charge in [0.25, 0.3) is 0 Å². The number of thiocarbonyl (C=S) groups is 1. The molecule has 192 valence electrons. The van der Waals surface area contributed by atoms with Crippen LogP contribution in [0.15, 0.2) is 59.1 Å². The Balaban J connectivity index is 1.13. The molecule has 0 aliphatic heterocycles. The molecule has 0 bridgehead atoms. The third-order valence-electron chi connectivity index (χ3n) is 6.89. The quantitative estimate of drug-likeness (QED) is 0.271. The zero-order chi connectivity index (χ0) is 25.8. The minimum absolute atomic E-state index is 0.366. The highest BCUT2D eigenvalue weighted by Crippen LogP contribution is 2.30. The third-order valence-corrected chi connectivity index (χ3v) is 7.13. The number of aromatic nitrogens is 3. The number of para-hydroxylation sites is 1. The lowest BCUT2D eigenvalue weighted by Crippen LogP contribution is -2.36. The van der Waals surface area contributed by atoms with E-state index < -0.39 is 0 Å². The summed E-state index contributed by atoms with van der Waals surface area (Å²) in [7, 11) is 4.03. The van der Waals surface area contributed by atoms with E-state index >= 15 is 0 Å². The van der Waals surface area contributed by atoms with Crippen molar-refractivity contribution in [3.8, 4) is 11.3 Å². The van der Waals surface area contributed by atoms with Gasteiger partial charge in [-0.1, -0.05) is 47.6 Å². The average Bonchev–Trinajstić information content (AvgIpc) is 3.28. The highest BCUT2D eigenvalue weighted by molar-refractivity contribution is 7.80. The third kappa shape index (κ3) is 5.83. The molecule has 4 aromatic rings. The van der Waals surface area contributed by atoms with Gasteiger partial charge in [0, 0.05) is 37.6 Å². The second-order valence-electron chi connectivity index (χ2n) is 9.81. The first kappa shape index (κ1) is 25.0. The second-order valence-corrected chi connectivity index (χ2v) is 10.2. The summed E-state index contributed by atoms with van der Waals surface area (Å²) in [5, 5.41) is 16.2. The van der Waals surface area contributed by atoms with Gasteiger partial charge in [-0.15, -0.1) is 0 Å². The zero-order valence-corrected chi connectivity index (χ0v) is 22.3. The van der Waals surface area contributed by atoms with E-state index in [9.17, 15) is 0 Å². The standard InChI is InChI=1S/C28H33N7OS/c1-18-24(25(34-36-18)20-9-5-4-6-10-20)32-28(37)29-17-19-13-15-21(16-14-19)30-27-31-23-12-8-7-11-22(23)26(33-27)35(2)3/h4-12,19,21H,13-17H2,1-3H3,(H2,29,32,37)(H,30,31,33)/t19-,21+. The molecule has 3 N–H and O–H groups in total. The van der Waals surface area contributed by atoms with E-state index in [1.807, 2.05) is 74.4 Å². The van der Waals surface area contributed by atoms with Crippen molar-refractivity contribution in [2.45, 2.75) is 38.6 Å². The van der Waals surface area contributed by atoms with Gasteiger partial charge in [-0.3, -0.25) is 0 Å². The summed E-state index contributed by atoms with van der Waals surface area (Å²) < 4.78 is 5.43. The van der Waals surface area contributed by atoms with E-state index in [1.165, 1.54) is 0 Å². The predicted molar refractivity (Wildman–Crippen MR) is 154 cm³/mol. The van der Waals surface area contributed by atoms with Crippen molar-refractivity contribution >= 4 is 45.7 Å². The van der Waals surface area contributed by atoms with Crippen molar-refractivity contribution in [2.75, 3.05) is 36.2 Å². The summed E-state index contributed by atoms with van der Waals surface area (Å²) in [6, 6.07) is 18.5. The Hall–Kier alpha value is -3.72. The van der Waals surface area contributed by atoms with Gasteiger partial charge in [-0.25, -0.2) is 4.98 Å². The lowest BCUT2D eigenvalue weighted by Gasteiger charge is -2.29. The number of aryl methyl sites for hydroxylation is 1. The van der Waals surface area contributed by atoms with Gasteiger partial charge in [0.2, 0.25) is 5.95 Å². The SMILES string of the molecule is Cc1onc(-c2ccccc2)c1NC(=S)NC[C@H]1CC[C@@H](Nc2nc(N(C)C)c3ccccc3n2)CC1. The maximum absolute atomic E-state index is 5.60. The maximum Gasteiger partial charge on any atom is 0.225 e. The molecule has 0 amide bonds. The van der Waals surface area contributed by atoms with Crippen LogP contribution < -0.4 is 20.9 Å². The molecule has 8 nitrogen and oxygen atoms in total. The highest BCUT2D eigenvalue weighted by Gasteiger charge is 2.23. The summed E-state index contributed by atoms with van der Waals surface area (Å²) in [6.45, 7) is 2.72. The van der Waals surface area contributed by atoms with Crippen molar-refractivity contribution < 1.29 is 4.52 Å². The minimum atomic E-state index is 0.366. The van der Waals surface area contributed by atoms with Crippen LogP contribution in [0.5, 0.6) is 0 Å². The number of fused-ring (bicyclic) bond motifs is 1. The van der Waals surface area contributed by atoms with Gasteiger partial charge in [-0.2, -0.15) is 4.98 Å². The number of hydrogen-bond acceptors (Lipinski definition) is 7. The molecule has 1 fully saturated rings. The van der Waals surface area contributed by atoms with E-state index in [0.29, 0.717) is 28.8 Å². The predicted octanol–water partition coefficient (Wildman–Crippen LogP) is 5.62. The van der Waals surface area contributed by atoms with Crippen molar-refractivity contribution in [1.29, 1.82) is 0 Å². The van der Waals surface area contributed by atoms with Crippen LogP contribution in [0.2, 0.25) is 0 Å². The van der Waals surface area contributed by atoms with E-state index in [0.717, 1.165) is 65.9 Å². The minimum Gasteiger partial charge on any atom is -0.362 e. The van der Waals surface area contributed by atoms with Crippen molar-refractivity contribution in [2.24, 2.45) is 5.92 Å². The topological polar surface area (TPSA) is 91.1 Å². The van der Waals surface area contributed by atoms with Crippen LogP contribution in [-0.4, -0.2) is 46.9 Å². The molecule has 2 heterocycles. The molecule has 0 radical (unpaired) electrons. The fourth-order valence-electron chi connectivity index (χ4n) is 4.87. The molecule has 5 rings (SSSR count). The molecule has 1 saturated carbocycles. The molecule has 0 atom stereocenters. The van der Waals surface area contributed by atoms with E-state index in [1.54, 1.807) is 0 Å². The number of benzene rings is 2. The lowest BCUT2D eigenvalue weighted by atomic mass is 9.86. The van der Waals surface area contributed by atoms with Gasteiger partial charge in [-0.05, 0) is 62.9 Å². The first-order chi connectivity index (χ1) is 18.0. The Labute approximate surface area is 222 Å². The van der Waals surface area contributed by atoms with Crippen molar-refractivity contribution in [3.05, 3.63) is 60.4 Å². The summed E-state index contributed by atoms with van der Waals surface area (Å²) in [5.74, 6) is 2.91. The normalized spacial score (nSPS) is 17.4. The Kier molecular flexibility index (Phi) is 7.50. The van der Waals surface area contributed by atoms with E-state index in [2.05, 4.69) is 27.2 Å². The number of anilines is 3. The molecule has 1 aliphatic carbocycles. The van der Waals surface area contributed by atoms with Gasteiger partial charge < -0.3 is 25.4 Å². The van der Waals surface area contributed by atoms with Gasteiger partial charge in [0.1, 0.15) is 17.2 Å². The smallest absolute Gasteiger partial charge is 0.225 e. The molecule has 0 spiro atoms. The van der Waals surface area contributed by atoms with Crippen LogP contribution in [-0.2, 0) is 0 Å². The fourth-order valence-corrected chi connectivity index (χ4v) is 5.05. The molecule has 0 unspecified atom stereocenters. The van der Waals surface area contributed by atoms with Crippen molar-refractivity contribution in [1.82, 2.24) is 20.4 Å². The van der Waals surface area contributed by atoms with Gasteiger partial charge in [0.15, 0.2) is 10.9 Å². The van der Waals surface area contributed by atoms with Gasteiger partial charge >= 0.3 is 0 Å². The monoisotopic (exact) mass is 515 g/mol. The number of rotatable bonds is 7. The summed E-state index contributed by atoms with van der Waals surface area (Å²) >= 11 is 5.60. The summed E-state index contributed by atoms with van der Waals surface area (Å²) in [4.78, 5) is 11.6. The first-order valence-corrected chi connectivity index (χ1v) is 13.2. The van der Waals surface area contributed by atoms with Crippen LogP contribution in [0.1, 0.15) is 31.4 Å². The van der Waals surface area contributed by atoms with Crippen LogP contribution in [0.4, 0.5) is 17.5 Å². The van der Waals surface area contributed by atoms with Crippen LogP contribution in [0, 0.1) is 12.8 Å². The summed E-state index contributed by atoms with van der Waals surface area (Å²) in [5.41, 5.74) is 3.52. The molecule has 1 aliphatic rings. The van der Waals surface area contributed by atoms with E-state index in [4.69, 9.17) is 26.7 Å². The number of nitrogens with one attached hydrogen (secondary N) is 3. The molecule has 9 heteroatoms. The number of nitrogens with zero attached hydrogens (tertiary/aromatic N) is 4.